The molecule has 0 unspecified atom stereocenters. The van der Waals surface area contributed by atoms with E-state index in [1.165, 1.54) is 0 Å². The molecule has 0 bridgehead atoms. The molecule has 0 atom stereocenters. The number of hydrogen-bond donors (Lipinski definition) is 1. The van der Waals surface area contributed by atoms with Gasteiger partial charge < -0.3 is 5.32 Å². The van der Waals surface area contributed by atoms with Crippen molar-refractivity contribution >= 4 is 5.95 Å². The highest BCUT2D eigenvalue weighted by Crippen LogP contribution is 2.17. The molecule has 0 amide bonds. The zero-order valence-electron chi connectivity index (χ0n) is 8.11. The first kappa shape index (κ1) is 9.51. The normalized spacial score (nSPS) is 10.0. The predicted molar refractivity (Wildman–Crippen MR) is 54.8 cm³/mol. The van der Waals surface area contributed by atoms with Crippen LogP contribution in [-0.4, -0.2) is 22.0 Å². The molecule has 4 nitrogen and oxygen atoms in total. The van der Waals surface area contributed by atoms with Gasteiger partial charge in [0.1, 0.15) is 5.69 Å². The van der Waals surface area contributed by atoms with Crippen LogP contribution in [0.2, 0.25) is 0 Å². The van der Waals surface area contributed by atoms with E-state index in [2.05, 4.69) is 20.3 Å². The fourth-order valence-corrected chi connectivity index (χ4v) is 1.17. The molecule has 2 aromatic rings. The molecule has 0 aromatic carbocycles. The number of nitrogens with one attached hydrogen (secondary N) is 1. The Hall–Kier alpha value is -2.04. The Balaban J connectivity index is 2.52. The zero-order chi connectivity index (χ0) is 10.7. The van der Waals surface area contributed by atoms with Gasteiger partial charge in [0.05, 0.1) is 11.9 Å². The molecule has 5 heteroatoms. The fourth-order valence-electron chi connectivity index (χ4n) is 1.17. The standard InChI is InChI=1S/C10H9FN4/c1-12-10-14-6-7(11)9(15-10)8-4-2-3-5-13-8/h2-6H,1H3,(H,12,14,15). The molecular weight excluding hydrogens is 195 g/mol. The van der Waals surface area contributed by atoms with E-state index in [1.54, 1.807) is 31.4 Å². The van der Waals surface area contributed by atoms with Gasteiger partial charge in [-0.15, -0.1) is 0 Å². The van der Waals surface area contributed by atoms with Gasteiger partial charge in [-0.2, -0.15) is 0 Å². The lowest BCUT2D eigenvalue weighted by Crippen LogP contribution is -2.00. The molecule has 0 aliphatic carbocycles. The Bertz CT molecular complexity index is 458. The second kappa shape index (κ2) is 4.00. The van der Waals surface area contributed by atoms with Crippen molar-refractivity contribution in [2.75, 3.05) is 12.4 Å². The molecule has 2 rings (SSSR count). The largest absolute Gasteiger partial charge is 0.357 e. The van der Waals surface area contributed by atoms with Crippen molar-refractivity contribution in [3.63, 3.8) is 0 Å². The number of nitrogens with zero attached hydrogens (tertiary/aromatic N) is 3. The number of aromatic nitrogens is 3. The van der Waals surface area contributed by atoms with Crippen molar-refractivity contribution in [1.82, 2.24) is 15.0 Å². The van der Waals surface area contributed by atoms with Crippen molar-refractivity contribution in [2.24, 2.45) is 0 Å². The first-order chi connectivity index (χ1) is 7.31. The number of anilines is 1. The second-order valence-corrected chi connectivity index (χ2v) is 2.86. The van der Waals surface area contributed by atoms with Crippen LogP contribution in [-0.2, 0) is 0 Å². The average molecular weight is 204 g/mol. The Morgan fingerprint density at radius 2 is 2.13 bits per heavy atom. The summed E-state index contributed by atoms with van der Waals surface area (Å²) in [5.41, 5.74) is 0.698. The minimum atomic E-state index is -0.479. The van der Waals surface area contributed by atoms with Crippen molar-refractivity contribution in [1.29, 1.82) is 0 Å². The van der Waals surface area contributed by atoms with Crippen LogP contribution >= 0.6 is 0 Å². The maximum atomic E-state index is 13.4. The molecule has 1 N–H and O–H groups in total. The molecular formula is C10H9FN4. The topological polar surface area (TPSA) is 50.7 Å². The van der Waals surface area contributed by atoms with Crippen LogP contribution in [0.3, 0.4) is 0 Å². The summed E-state index contributed by atoms with van der Waals surface area (Å²) in [6.45, 7) is 0. The van der Waals surface area contributed by atoms with E-state index in [4.69, 9.17) is 0 Å². The van der Waals surface area contributed by atoms with Crippen LogP contribution in [0.25, 0.3) is 11.4 Å². The van der Waals surface area contributed by atoms with Crippen molar-refractivity contribution in [2.45, 2.75) is 0 Å². The number of pyridine rings is 1. The van der Waals surface area contributed by atoms with Crippen LogP contribution in [0.4, 0.5) is 10.3 Å². The molecule has 0 spiro atoms. The van der Waals surface area contributed by atoms with Gasteiger partial charge in [0.25, 0.3) is 0 Å². The summed E-state index contributed by atoms with van der Waals surface area (Å²) in [6, 6.07) is 5.25. The van der Waals surface area contributed by atoms with Gasteiger partial charge in [-0.1, -0.05) is 6.07 Å². The van der Waals surface area contributed by atoms with Gasteiger partial charge in [0, 0.05) is 13.2 Å². The third-order valence-corrected chi connectivity index (χ3v) is 1.88. The smallest absolute Gasteiger partial charge is 0.223 e. The first-order valence-electron chi connectivity index (χ1n) is 4.43. The number of halogens is 1. The van der Waals surface area contributed by atoms with E-state index in [1.807, 2.05) is 0 Å². The Kier molecular flexibility index (Phi) is 2.53. The van der Waals surface area contributed by atoms with E-state index in [0.717, 1.165) is 6.20 Å². The van der Waals surface area contributed by atoms with E-state index in [0.29, 0.717) is 11.6 Å². The third-order valence-electron chi connectivity index (χ3n) is 1.88. The molecule has 2 heterocycles. The Labute approximate surface area is 86.2 Å². The minimum absolute atomic E-state index is 0.204. The quantitative estimate of drug-likeness (QED) is 0.809. The van der Waals surface area contributed by atoms with E-state index < -0.39 is 5.82 Å². The summed E-state index contributed by atoms with van der Waals surface area (Å²) < 4.78 is 13.4. The van der Waals surface area contributed by atoms with E-state index >= 15 is 0 Å². The molecule has 2 aromatic heterocycles. The average Bonchev–Trinajstić information content (AvgIpc) is 2.31. The van der Waals surface area contributed by atoms with Gasteiger partial charge >= 0.3 is 0 Å². The van der Waals surface area contributed by atoms with Crippen LogP contribution in [0, 0.1) is 5.82 Å². The maximum Gasteiger partial charge on any atom is 0.223 e. The van der Waals surface area contributed by atoms with E-state index in [-0.39, 0.29) is 5.69 Å². The van der Waals surface area contributed by atoms with Gasteiger partial charge in [-0.25, -0.2) is 14.4 Å². The summed E-state index contributed by atoms with van der Waals surface area (Å²) in [5, 5.41) is 2.75. The minimum Gasteiger partial charge on any atom is -0.357 e. The molecule has 0 aliphatic heterocycles. The van der Waals surface area contributed by atoms with Gasteiger partial charge in [-0.3, -0.25) is 4.98 Å². The SMILES string of the molecule is CNc1ncc(F)c(-c2ccccn2)n1. The van der Waals surface area contributed by atoms with Gasteiger partial charge in [0.15, 0.2) is 5.82 Å². The molecule has 0 saturated carbocycles. The second-order valence-electron chi connectivity index (χ2n) is 2.86. The fraction of sp³-hybridized carbons (Fsp3) is 0.100. The predicted octanol–water partition coefficient (Wildman–Crippen LogP) is 1.72. The lowest BCUT2D eigenvalue weighted by atomic mass is 10.2. The molecule has 0 fully saturated rings. The summed E-state index contributed by atoms with van der Waals surface area (Å²) in [6.07, 6.45) is 2.72. The van der Waals surface area contributed by atoms with Crippen LogP contribution in [0.5, 0.6) is 0 Å². The third kappa shape index (κ3) is 1.90. The van der Waals surface area contributed by atoms with Crippen molar-refractivity contribution < 1.29 is 4.39 Å². The number of hydrogen-bond acceptors (Lipinski definition) is 4. The van der Waals surface area contributed by atoms with Crippen LogP contribution in [0.1, 0.15) is 0 Å². The van der Waals surface area contributed by atoms with Crippen molar-refractivity contribution in [3.8, 4) is 11.4 Å². The highest BCUT2D eigenvalue weighted by atomic mass is 19.1. The lowest BCUT2D eigenvalue weighted by Gasteiger charge is -2.03. The van der Waals surface area contributed by atoms with Crippen LogP contribution < -0.4 is 5.32 Å². The highest BCUT2D eigenvalue weighted by molar-refractivity contribution is 5.55. The van der Waals surface area contributed by atoms with E-state index in [9.17, 15) is 4.39 Å². The molecule has 0 aliphatic rings. The first-order valence-corrected chi connectivity index (χ1v) is 4.43. The molecule has 0 saturated heterocycles. The van der Waals surface area contributed by atoms with Gasteiger partial charge in [-0.05, 0) is 12.1 Å². The highest BCUT2D eigenvalue weighted by Gasteiger charge is 2.09. The summed E-state index contributed by atoms with van der Waals surface area (Å²) in [4.78, 5) is 11.8. The summed E-state index contributed by atoms with van der Waals surface area (Å²) in [7, 11) is 1.68. The monoisotopic (exact) mass is 204 g/mol. The summed E-state index contributed by atoms with van der Waals surface area (Å²) >= 11 is 0. The molecule has 15 heavy (non-hydrogen) atoms. The molecule has 76 valence electrons. The lowest BCUT2D eigenvalue weighted by molar-refractivity contribution is 0.618. The Morgan fingerprint density at radius 1 is 1.27 bits per heavy atom. The van der Waals surface area contributed by atoms with Crippen molar-refractivity contribution in [3.05, 3.63) is 36.4 Å². The van der Waals surface area contributed by atoms with Crippen LogP contribution in [0.15, 0.2) is 30.6 Å². The number of rotatable bonds is 2. The summed E-state index contributed by atoms with van der Waals surface area (Å²) in [5.74, 6) is -0.107. The maximum absolute atomic E-state index is 13.4. The zero-order valence-corrected chi connectivity index (χ0v) is 8.11. The van der Waals surface area contributed by atoms with Gasteiger partial charge in [0.2, 0.25) is 5.95 Å². The Morgan fingerprint density at radius 3 is 2.80 bits per heavy atom. The molecule has 0 radical (unpaired) electrons.